The van der Waals surface area contributed by atoms with Crippen LogP contribution in [0.2, 0.25) is 0 Å². The van der Waals surface area contributed by atoms with E-state index in [2.05, 4.69) is 64.2 Å². The highest BCUT2D eigenvalue weighted by Crippen LogP contribution is 2.39. The molecule has 0 aliphatic heterocycles. The van der Waals surface area contributed by atoms with Crippen LogP contribution in [-0.2, 0) is 6.61 Å². The molecule has 0 saturated carbocycles. The van der Waals surface area contributed by atoms with Gasteiger partial charge in [-0.05, 0) is 90.1 Å². The Bertz CT molecular complexity index is 1390. The molecule has 4 aromatic rings. The molecule has 9 heteroatoms. The van der Waals surface area contributed by atoms with E-state index < -0.39 is 5.25 Å². The molecule has 0 saturated heterocycles. The van der Waals surface area contributed by atoms with Crippen LogP contribution < -0.4 is 4.74 Å². The average Bonchev–Trinajstić information content (AvgIpc) is 3.20. The Hall–Kier alpha value is -3.17. The summed E-state index contributed by atoms with van der Waals surface area (Å²) in [5.74, 6) is 1.40. The number of halogens is 1. The zero-order valence-corrected chi connectivity index (χ0v) is 23.0. The smallest absolute Gasteiger partial charge is 0.220 e. The summed E-state index contributed by atoms with van der Waals surface area (Å²) in [7, 11) is 0. The summed E-state index contributed by atoms with van der Waals surface area (Å²) < 4.78 is 8.67. The number of aromatic nitrogens is 3. The molecule has 4 rings (SSSR count). The third kappa shape index (κ3) is 6.14. The van der Waals surface area contributed by atoms with E-state index in [0.29, 0.717) is 17.5 Å². The second-order valence-corrected chi connectivity index (χ2v) is 10.7. The van der Waals surface area contributed by atoms with Gasteiger partial charge in [0, 0.05) is 10.6 Å². The number of aryl methyl sites for hydroxylation is 4. The van der Waals surface area contributed by atoms with Crippen molar-refractivity contribution in [1.82, 2.24) is 14.8 Å². The number of rotatable bonds is 9. The SMILES string of the molecule is Cc1ccc(COc2ccc([C@H](C[N+](=O)[O-])Sc3nnc(C)n3-c3ccc(C)c(C)c3)cc2Br)cc1. The van der Waals surface area contributed by atoms with Gasteiger partial charge < -0.3 is 4.74 Å². The summed E-state index contributed by atoms with van der Waals surface area (Å²) in [6.45, 7) is 8.23. The van der Waals surface area contributed by atoms with Gasteiger partial charge in [-0.3, -0.25) is 14.7 Å². The topological polar surface area (TPSA) is 83.1 Å². The molecule has 0 aliphatic rings. The Labute approximate surface area is 223 Å². The van der Waals surface area contributed by atoms with Crippen LogP contribution in [0.1, 0.15) is 38.9 Å². The highest BCUT2D eigenvalue weighted by molar-refractivity contribution is 9.10. The minimum atomic E-state index is -0.462. The molecule has 0 unspecified atom stereocenters. The number of ether oxygens (including phenoxy) is 1. The Morgan fingerprint density at radius 3 is 2.42 bits per heavy atom. The lowest BCUT2D eigenvalue weighted by Gasteiger charge is -2.16. The molecule has 186 valence electrons. The van der Waals surface area contributed by atoms with Crippen molar-refractivity contribution >= 4 is 27.7 Å². The van der Waals surface area contributed by atoms with Crippen LogP contribution >= 0.6 is 27.7 Å². The predicted molar refractivity (Wildman–Crippen MR) is 146 cm³/mol. The van der Waals surface area contributed by atoms with Crippen molar-refractivity contribution in [3.05, 3.63) is 109 Å². The minimum absolute atomic E-state index is 0.250. The molecule has 1 aromatic heterocycles. The van der Waals surface area contributed by atoms with Gasteiger partial charge in [0.25, 0.3) is 0 Å². The van der Waals surface area contributed by atoms with E-state index in [-0.39, 0.29) is 11.5 Å². The molecular formula is C27H27BrN4O3S. The highest BCUT2D eigenvalue weighted by Gasteiger charge is 2.24. The van der Waals surface area contributed by atoms with Crippen molar-refractivity contribution < 1.29 is 9.66 Å². The normalized spacial score (nSPS) is 11.9. The first-order valence-electron chi connectivity index (χ1n) is 11.5. The molecule has 7 nitrogen and oxygen atoms in total. The Kier molecular flexibility index (Phi) is 8.11. The molecule has 0 N–H and O–H groups in total. The van der Waals surface area contributed by atoms with E-state index in [1.807, 2.05) is 54.8 Å². The van der Waals surface area contributed by atoms with Gasteiger partial charge in [-0.25, -0.2) is 0 Å². The van der Waals surface area contributed by atoms with Crippen molar-refractivity contribution in [3.8, 4) is 11.4 Å². The maximum atomic E-state index is 11.6. The molecule has 0 amide bonds. The van der Waals surface area contributed by atoms with Crippen LogP contribution in [0, 0.1) is 37.8 Å². The quantitative estimate of drug-likeness (QED) is 0.124. The lowest BCUT2D eigenvalue weighted by atomic mass is 10.1. The van der Waals surface area contributed by atoms with E-state index in [4.69, 9.17) is 4.74 Å². The Morgan fingerprint density at radius 2 is 1.75 bits per heavy atom. The van der Waals surface area contributed by atoms with Crippen LogP contribution in [-0.4, -0.2) is 26.2 Å². The molecule has 3 aromatic carbocycles. The van der Waals surface area contributed by atoms with Gasteiger partial charge in [0.05, 0.1) is 4.47 Å². The molecule has 0 radical (unpaired) electrons. The van der Waals surface area contributed by atoms with Crippen molar-refractivity contribution in [2.45, 2.75) is 44.7 Å². The highest BCUT2D eigenvalue weighted by atomic mass is 79.9. The van der Waals surface area contributed by atoms with Gasteiger partial charge in [0.1, 0.15) is 23.4 Å². The van der Waals surface area contributed by atoms with Crippen LogP contribution in [0.4, 0.5) is 0 Å². The van der Waals surface area contributed by atoms with Gasteiger partial charge >= 0.3 is 0 Å². The van der Waals surface area contributed by atoms with Gasteiger partial charge in [-0.15, -0.1) is 10.2 Å². The number of nitro groups is 1. The van der Waals surface area contributed by atoms with Gasteiger partial charge in [-0.2, -0.15) is 0 Å². The monoisotopic (exact) mass is 566 g/mol. The molecule has 0 bridgehead atoms. The summed E-state index contributed by atoms with van der Waals surface area (Å²) in [6, 6.07) is 19.9. The first kappa shape index (κ1) is 25.9. The largest absolute Gasteiger partial charge is 0.488 e. The lowest BCUT2D eigenvalue weighted by molar-refractivity contribution is -0.479. The predicted octanol–water partition coefficient (Wildman–Crippen LogP) is 6.95. The number of benzene rings is 3. The first-order chi connectivity index (χ1) is 17.2. The summed E-state index contributed by atoms with van der Waals surface area (Å²) in [4.78, 5) is 11.3. The maximum Gasteiger partial charge on any atom is 0.220 e. The van der Waals surface area contributed by atoms with Crippen LogP contribution in [0.5, 0.6) is 5.75 Å². The summed E-state index contributed by atoms with van der Waals surface area (Å²) in [5, 5.41) is 20.3. The molecule has 36 heavy (non-hydrogen) atoms. The summed E-state index contributed by atoms with van der Waals surface area (Å²) >= 11 is 4.92. The van der Waals surface area contributed by atoms with E-state index in [0.717, 1.165) is 32.7 Å². The van der Waals surface area contributed by atoms with Gasteiger partial charge in [0.2, 0.25) is 6.54 Å². The molecule has 0 fully saturated rings. The van der Waals surface area contributed by atoms with Crippen LogP contribution in [0.15, 0.2) is 70.3 Å². The average molecular weight is 568 g/mol. The van der Waals surface area contributed by atoms with E-state index >= 15 is 0 Å². The number of nitrogens with zero attached hydrogens (tertiary/aromatic N) is 4. The Balaban J connectivity index is 1.58. The number of hydrogen-bond acceptors (Lipinski definition) is 6. The second kappa shape index (κ2) is 11.3. The van der Waals surface area contributed by atoms with Crippen LogP contribution in [0.25, 0.3) is 5.69 Å². The molecule has 1 heterocycles. The molecule has 1 atom stereocenters. The van der Waals surface area contributed by atoms with Gasteiger partial charge in [-0.1, -0.05) is 53.7 Å². The fraction of sp³-hybridized carbons (Fsp3) is 0.259. The fourth-order valence-electron chi connectivity index (χ4n) is 3.73. The van der Waals surface area contributed by atoms with E-state index in [9.17, 15) is 10.1 Å². The van der Waals surface area contributed by atoms with Gasteiger partial charge in [0.15, 0.2) is 5.16 Å². The molecule has 0 aliphatic carbocycles. The molecular weight excluding hydrogens is 540 g/mol. The minimum Gasteiger partial charge on any atom is -0.488 e. The van der Waals surface area contributed by atoms with Crippen molar-refractivity contribution in [3.63, 3.8) is 0 Å². The van der Waals surface area contributed by atoms with E-state index in [1.165, 1.54) is 22.9 Å². The fourth-order valence-corrected chi connectivity index (χ4v) is 5.41. The second-order valence-electron chi connectivity index (χ2n) is 8.72. The number of thioether (sulfide) groups is 1. The van der Waals surface area contributed by atoms with Crippen molar-refractivity contribution in [2.75, 3.05) is 6.54 Å². The van der Waals surface area contributed by atoms with Crippen molar-refractivity contribution in [1.29, 1.82) is 0 Å². The summed E-state index contributed by atoms with van der Waals surface area (Å²) in [6.07, 6.45) is 0. The number of hydrogen-bond donors (Lipinski definition) is 0. The summed E-state index contributed by atoms with van der Waals surface area (Å²) in [5.41, 5.74) is 6.35. The van der Waals surface area contributed by atoms with E-state index in [1.54, 1.807) is 0 Å². The first-order valence-corrected chi connectivity index (χ1v) is 13.1. The zero-order valence-electron chi connectivity index (χ0n) is 20.6. The Morgan fingerprint density at radius 1 is 1.00 bits per heavy atom. The standard InChI is InChI=1S/C27H27BrN4O3S/c1-17-5-8-21(9-6-17)16-35-25-12-10-22(14-24(25)28)26(15-31(33)34)36-27-30-29-20(4)32(27)23-11-7-18(2)19(3)13-23/h5-14,26H,15-16H2,1-4H3/t26-/m0/s1. The third-order valence-electron chi connectivity index (χ3n) is 5.95. The third-order valence-corrected chi connectivity index (χ3v) is 7.75. The zero-order chi connectivity index (χ0) is 25.8. The molecule has 0 spiro atoms. The lowest BCUT2D eigenvalue weighted by Crippen LogP contribution is -2.11. The maximum absolute atomic E-state index is 11.6. The van der Waals surface area contributed by atoms with Crippen LogP contribution in [0.3, 0.4) is 0 Å². The van der Waals surface area contributed by atoms with Crippen molar-refractivity contribution in [2.24, 2.45) is 0 Å².